The summed E-state index contributed by atoms with van der Waals surface area (Å²) in [4.78, 5) is 12.6. The van der Waals surface area contributed by atoms with Crippen LogP contribution in [0.5, 0.6) is 0 Å². The van der Waals surface area contributed by atoms with Crippen molar-refractivity contribution in [2.45, 2.75) is 13.8 Å². The van der Waals surface area contributed by atoms with Crippen LogP contribution in [0.3, 0.4) is 0 Å². The first-order chi connectivity index (χ1) is 11.4. The maximum Gasteiger partial charge on any atom is 0.222 e. The fourth-order valence-electron chi connectivity index (χ4n) is 2.14. The molecule has 0 aliphatic heterocycles. The number of carbonyl (C=O) groups excluding carboxylic acids is 1. The molecule has 3 rings (SSSR count). The predicted molar refractivity (Wildman–Crippen MR) is 98.6 cm³/mol. The Morgan fingerprint density at radius 2 is 1.79 bits per heavy atom. The molecule has 1 amide bonds. The van der Waals surface area contributed by atoms with E-state index >= 15 is 0 Å². The molecule has 0 aliphatic rings. The molecule has 0 aliphatic carbocycles. The van der Waals surface area contributed by atoms with E-state index in [2.05, 4.69) is 20.8 Å². The molecule has 0 unspecified atom stereocenters. The highest BCUT2D eigenvalue weighted by atomic mass is 35.5. The number of nitrogens with zero attached hydrogens (tertiary/aromatic N) is 3. The molecule has 0 fully saturated rings. The summed E-state index contributed by atoms with van der Waals surface area (Å²) >= 11 is 11.3. The van der Waals surface area contributed by atoms with Crippen LogP contribution in [0.4, 0.5) is 5.69 Å². The average Bonchev–Trinajstić information content (AvgIpc) is 2.90. The van der Waals surface area contributed by atoms with Crippen molar-refractivity contribution >= 4 is 51.6 Å². The number of anilines is 1. The van der Waals surface area contributed by atoms with Crippen molar-refractivity contribution in [1.82, 2.24) is 20.3 Å². The molecule has 0 saturated carbocycles. The molecular weight excluding hydrogens is 346 g/mol. The van der Waals surface area contributed by atoms with Gasteiger partial charge in [0.05, 0.1) is 16.4 Å². The van der Waals surface area contributed by atoms with Gasteiger partial charge in [-0.1, -0.05) is 29.3 Å². The van der Waals surface area contributed by atoms with E-state index in [1.165, 1.54) is 6.92 Å². The highest BCUT2D eigenvalue weighted by Gasteiger charge is 2.11. The lowest BCUT2D eigenvalue weighted by Crippen LogP contribution is -2.32. The molecule has 2 N–H and O–H groups in total. The maximum absolute atomic E-state index is 11.0. The van der Waals surface area contributed by atoms with Crippen molar-refractivity contribution in [2.75, 3.05) is 5.32 Å². The second kappa shape index (κ2) is 6.54. The van der Waals surface area contributed by atoms with E-state index in [1.54, 1.807) is 16.9 Å². The molecule has 8 heteroatoms. The molecule has 0 saturated heterocycles. The Hall–Kier alpha value is -2.51. The normalized spacial score (nSPS) is 10.6. The third-order valence-electron chi connectivity index (χ3n) is 3.27. The lowest BCUT2D eigenvalue weighted by molar-refractivity contribution is -0.117. The van der Waals surface area contributed by atoms with Gasteiger partial charge in [-0.15, -0.1) is 10.2 Å². The second-order valence-electron chi connectivity index (χ2n) is 5.28. The van der Waals surface area contributed by atoms with Crippen LogP contribution in [-0.4, -0.2) is 26.0 Å². The Bertz CT molecular complexity index is 936. The van der Waals surface area contributed by atoms with E-state index in [0.29, 0.717) is 21.7 Å². The molecule has 6 nitrogen and oxygen atoms in total. The molecule has 1 heterocycles. The summed E-state index contributed by atoms with van der Waals surface area (Å²) in [5.41, 5.74) is 3.90. The van der Waals surface area contributed by atoms with Crippen molar-refractivity contribution in [3.05, 3.63) is 47.0 Å². The minimum Gasteiger partial charge on any atom is -0.331 e. The van der Waals surface area contributed by atoms with E-state index in [9.17, 15) is 4.79 Å². The number of benzene rings is 2. The minimum atomic E-state index is -0.255. The summed E-state index contributed by atoms with van der Waals surface area (Å²) in [6.07, 6.45) is 0. The Morgan fingerprint density at radius 3 is 2.42 bits per heavy atom. The molecule has 2 aromatic carbocycles. The Morgan fingerprint density at radius 1 is 1.17 bits per heavy atom. The van der Waals surface area contributed by atoms with Gasteiger partial charge in [-0.3, -0.25) is 4.79 Å². The third kappa shape index (κ3) is 3.52. The lowest BCUT2D eigenvalue weighted by atomic mass is 10.2. The van der Waals surface area contributed by atoms with Crippen LogP contribution in [0.15, 0.2) is 36.4 Å². The maximum atomic E-state index is 11.0. The van der Waals surface area contributed by atoms with Gasteiger partial charge in [-0.25, -0.2) is 0 Å². The summed E-state index contributed by atoms with van der Waals surface area (Å²) in [5, 5.41) is 14.9. The van der Waals surface area contributed by atoms with Crippen LogP contribution in [-0.2, 0) is 4.79 Å². The number of carbonyl (C=O) groups is 1. The first-order valence-corrected chi connectivity index (χ1v) is 7.93. The average molecular weight is 360 g/mol. The van der Waals surface area contributed by atoms with E-state index in [-0.39, 0.29) is 11.0 Å². The number of nitrogens with one attached hydrogen (secondary N) is 2. The fraction of sp³-hybridized carbons (Fsp3) is 0.125. The lowest BCUT2D eigenvalue weighted by Gasteiger charge is -2.09. The Labute approximate surface area is 148 Å². The van der Waals surface area contributed by atoms with Gasteiger partial charge in [0.15, 0.2) is 5.11 Å². The van der Waals surface area contributed by atoms with Crippen LogP contribution in [0, 0.1) is 6.92 Å². The Balaban J connectivity index is 1.94. The molecular formula is C16H14ClN5OS. The Kier molecular flexibility index (Phi) is 4.46. The first-order valence-electron chi connectivity index (χ1n) is 7.14. The number of thiocarbonyl (C=S) groups is 1. The van der Waals surface area contributed by atoms with Gasteiger partial charge >= 0.3 is 0 Å². The SMILES string of the molecule is CC(=O)NC(=S)Nc1cc2nn(-c3ccc(C)cc3)nc2cc1Cl. The monoisotopic (exact) mass is 359 g/mol. The molecule has 0 bridgehead atoms. The topological polar surface area (TPSA) is 71.8 Å². The van der Waals surface area contributed by atoms with Crippen LogP contribution in [0.2, 0.25) is 5.02 Å². The van der Waals surface area contributed by atoms with E-state index in [4.69, 9.17) is 23.8 Å². The van der Waals surface area contributed by atoms with Gasteiger partial charge in [0.2, 0.25) is 5.91 Å². The molecule has 122 valence electrons. The zero-order valence-electron chi connectivity index (χ0n) is 13.0. The highest BCUT2D eigenvalue weighted by molar-refractivity contribution is 7.80. The number of aromatic nitrogens is 3. The number of hydrogen-bond acceptors (Lipinski definition) is 4. The van der Waals surface area contributed by atoms with Crippen molar-refractivity contribution in [1.29, 1.82) is 0 Å². The van der Waals surface area contributed by atoms with E-state index < -0.39 is 0 Å². The van der Waals surface area contributed by atoms with Gasteiger partial charge in [0.25, 0.3) is 0 Å². The van der Waals surface area contributed by atoms with Gasteiger partial charge in [-0.05, 0) is 43.4 Å². The smallest absolute Gasteiger partial charge is 0.222 e. The largest absolute Gasteiger partial charge is 0.331 e. The predicted octanol–water partition coefficient (Wildman–Crippen LogP) is 3.22. The molecule has 0 spiro atoms. The van der Waals surface area contributed by atoms with Crippen LogP contribution < -0.4 is 10.6 Å². The zero-order valence-corrected chi connectivity index (χ0v) is 14.6. The number of amides is 1. The van der Waals surface area contributed by atoms with Crippen molar-refractivity contribution in [2.24, 2.45) is 0 Å². The van der Waals surface area contributed by atoms with Gasteiger partial charge in [0, 0.05) is 6.92 Å². The van der Waals surface area contributed by atoms with Crippen LogP contribution in [0.25, 0.3) is 16.7 Å². The summed E-state index contributed by atoms with van der Waals surface area (Å²) in [5.74, 6) is -0.255. The molecule has 0 radical (unpaired) electrons. The number of halogens is 1. The van der Waals surface area contributed by atoms with Gasteiger partial charge in [0.1, 0.15) is 11.0 Å². The number of aryl methyl sites for hydroxylation is 1. The summed E-state index contributed by atoms with van der Waals surface area (Å²) in [7, 11) is 0. The third-order valence-corrected chi connectivity index (χ3v) is 3.79. The molecule has 1 aromatic heterocycles. The molecule has 0 atom stereocenters. The standard InChI is InChI=1S/C16H14ClN5OS/c1-9-3-5-11(6-4-9)22-20-14-7-12(17)13(8-15(14)21-22)19-16(24)18-10(2)23/h3-8H,1-2H3,(H2,18,19,23,24). The van der Waals surface area contributed by atoms with Crippen LogP contribution >= 0.6 is 23.8 Å². The summed E-state index contributed by atoms with van der Waals surface area (Å²) < 4.78 is 0. The number of hydrogen-bond donors (Lipinski definition) is 2. The van der Waals surface area contributed by atoms with Gasteiger partial charge in [-0.2, -0.15) is 4.80 Å². The number of fused-ring (bicyclic) bond motifs is 1. The second-order valence-corrected chi connectivity index (χ2v) is 6.10. The van der Waals surface area contributed by atoms with Crippen LogP contribution in [0.1, 0.15) is 12.5 Å². The van der Waals surface area contributed by atoms with E-state index in [1.807, 2.05) is 31.2 Å². The minimum absolute atomic E-state index is 0.176. The van der Waals surface area contributed by atoms with Crippen molar-refractivity contribution in [3.8, 4) is 5.69 Å². The first kappa shape index (κ1) is 16.4. The van der Waals surface area contributed by atoms with Crippen molar-refractivity contribution in [3.63, 3.8) is 0 Å². The zero-order chi connectivity index (χ0) is 17.3. The number of rotatable bonds is 2. The summed E-state index contributed by atoms with van der Waals surface area (Å²) in [6, 6.07) is 11.3. The van der Waals surface area contributed by atoms with Gasteiger partial charge < -0.3 is 10.6 Å². The highest BCUT2D eigenvalue weighted by Crippen LogP contribution is 2.27. The quantitative estimate of drug-likeness (QED) is 0.687. The molecule has 3 aromatic rings. The fourth-order valence-corrected chi connectivity index (χ4v) is 2.60. The van der Waals surface area contributed by atoms with E-state index in [0.717, 1.165) is 11.3 Å². The molecule has 24 heavy (non-hydrogen) atoms. The van der Waals surface area contributed by atoms with Crippen molar-refractivity contribution < 1.29 is 4.79 Å². The summed E-state index contributed by atoms with van der Waals surface area (Å²) in [6.45, 7) is 3.40.